The molecule has 1 heterocycles. The molecule has 4 rings (SSSR count). The zero-order valence-corrected chi connectivity index (χ0v) is 18.1. The van der Waals surface area contributed by atoms with Crippen LogP contribution in [0.3, 0.4) is 0 Å². The molecule has 4 aromatic rings. The van der Waals surface area contributed by atoms with Gasteiger partial charge in [-0.05, 0) is 52.1 Å². The number of alkyl halides is 3. The zero-order chi connectivity index (χ0) is 23.4. The largest absolute Gasteiger partial charge is 0.418 e. The van der Waals surface area contributed by atoms with Gasteiger partial charge in [0.05, 0.1) is 11.3 Å². The lowest BCUT2D eigenvalue weighted by Crippen LogP contribution is -2.09. The number of aromatic nitrogens is 1. The van der Waals surface area contributed by atoms with Crippen molar-refractivity contribution >= 4 is 21.9 Å². The first-order valence-corrected chi connectivity index (χ1v) is 10.5. The summed E-state index contributed by atoms with van der Waals surface area (Å²) < 4.78 is 41.3. The Morgan fingerprint density at radius 2 is 1.55 bits per heavy atom. The van der Waals surface area contributed by atoms with E-state index in [1.807, 2.05) is 72.8 Å². The monoisotopic (exact) mass is 441 g/mol. The molecule has 0 saturated carbocycles. The molecule has 1 aromatic heterocycles. The Kier molecular flexibility index (Phi) is 6.27. The van der Waals surface area contributed by atoms with Crippen molar-refractivity contribution in [1.29, 1.82) is 0 Å². The summed E-state index contributed by atoms with van der Waals surface area (Å²) in [6.07, 6.45) is 1.58. The average molecular weight is 441 g/mol. The number of allylic oxidation sites excluding steroid dienone is 5. The van der Waals surface area contributed by atoms with E-state index in [2.05, 4.69) is 11.6 Å². The maximum Gasteiger partial charge on any atom is 0.418 e. The van der Waals surface area contributed by atoms with Gasteiger partial charge in [-0.15, -0.1) is 0 Å². The molecule has 0 spiro atoms. The molecule has 3 aromatic carbocycles. The normalized spacial score (nSPS) is 12.7. The highest BCUT2D eigenvalue weighted by atomic mass is 19.4. The van der Waals surface area contributed by atoms with E-state index in [1.54, 1.807) is 25.2 Å². The van der Waals surface area contributed by atoms with Crippen molar-refractivity contribution in [3.63, 3.8) is 0 Å². The van der Waals surface area contributed by atoms with Gasteiger partial charge in [-0.25, -0.2) is 0 Å². The van der Waals surface area contributed by atoms with Crippen LogP contribution in [0.25, 0.3) is 33.2 Å². The van der Waals surface area contributed by atoms with Gasteiger partial charge in [-0.3, -0.25) is 4.98 Å². The number of benzene rings is 3. The molecular formula is C29H22F3N. The molecule has 0 aliphatic carbocycles. The van der Waals surface area contributed by atoms with Gasteiger partial charge in [0.2, 0.25) is 0 Å². The van der Waals surface area contributed by atoms with E-state index >= 15 is 0 Å². The fourth-order valence-corrected chi connectivity index (χ4v) is 3.73. The second kappa shape index (κ2) is 9.29. The maximum atomic E-state index is 13.8. The van der Waals surface area contributed by atoms with Crippen LogP contribution < -0.4 is 0 Å². The molecule has 0 fully saturated rings. The Hall–Kier alpha value is -3.92. The number of rotatable bonds is 5. The topological polar surface area (TPSA) is 12.9 Å². The van der Waals surface area contributed by atoms with E-state index in [9.17, 15) is 13.2 Å². The predicted octanol–water partition coefficient (Wildman–Crippen LogP) is 8.59. The fourth-order valence-electron chi connectivity index (χ4n) is 3.73. The molecule has 0 unspecified atom stereocenters. The van der Waals surface area contributed by atoms with Gasteiger partial charge in [0.1, 0.15) is 0 Å². The van der Waals surface area contributed by atoms with Crippen molar-refractivity contribution in [3.8, 4) is 11.3 Å². The molecule has 0 atom stereocenters. The van der Waals surface area contributed by atoms with Gasteiger partial charge >= 0.3 is 6.18 Å². The smallest absolute Gasteiger partial charge is 0.256 e. The molecule has 33 heavy (non-hydrogen) atoms. The summed E-state index contributed by atoms with van der Waals surface area (Å²) >= 11 is 0. The first-order valence-electron chi connectivity index (χ1n) is 10.5. The Bertz CT molecular complexity index is 1360. The lowest BCUT2D eigenvalue weighted by Gasteiger charge is -2.15. The molecule has 164 valence electrons. The Balaban J connectivity index is 1.80. The SMILES string of the molecule is C=C/C(=C\C=C(/C)c1cc(-c2ccc3ccccc3c2)ncc1C(F)(F)F)c1ccccc1. The quantitative estimate of drug-likeness (QED) is 0.283. The molecule has 0 radical (unpaired) electrons. The first-order chi connectivity index (χ1) is 15.9. The van der Waals surface area contributed by atoms with Crippen LogP contribution in [0.15, 0.2) is 110 Å². The van der Waals surface area contributed by atoms with Crippen LogP contribution in [0.4, 0.5) is 13.2 Å². The van der Waals surface area contributed by atoms with Crippen LogP contribution in [-0.4, -0.2) is 4.98 Å². The number of pyridine rings is 1. The molecule has 0 aliphatic heterocycles. The van der Waals surface area contributed by atoms with Crippen molar-refractivity contribution in [3.05, 3.63) is 127 Å². The summed E-state index contributed by atoms with van der Waals surface area (Å²) in [5.74, 6) is 0. The number of hydrogen-bond donors (Lipinski definition) is 0. The number of fused-ring (bicyclic) bond motifs is 1. The highest BCUT2D eigenvalue weighted by molar-refractivity contribution is 5.87. The first kappa shape index (κ1) is 22.3. The van der Waals surface area contributed by atoms with Gasteiger partial charge in [0.25, 0.3) is 0 Å². The van der Waals surface area contributed by atoms with Crippen molar-refractivity contribution < 1.29 is 13.2 Å². The molecule has 0 saturated heterocycles. The van der Waals surface area contributed by atoms with Crippen LogP contribution in [0.5, 0.6) is 0 Å². The van der Waals surface area contributed by atoms with Crippen LogP contribution >= 0.6 is 0 Å². The third-order valence-corrected chi connectivity index (χ3v) is 5.52. The van der Waals surface area contributed by atoms with Gasteiger partial charge in [0, 0.05) is 11.8 Å². The van der Waals surface area contributed by atoms with Gasteiger partial charge in [-0.1, -0.05) is 91.5 Å². The van der Waals surface area contributed by atoms with Crippen LogP contribution in [-0.2, 0) is 6.18 Å². The van der Waals surface area contributed by atoms with E-state index in [-0.39, 0.29) is 5.56 Å². The Morgan fingerprint density at radius 3 is 2.24 bits per heavy atom. The maximum absolute atomic E-state index is 13.8. The molecule has 0 bridgehead atoms. The Labute approximate surface area is 191 Å². The van der Waals surface area contributed by atoms with Gasteiger partial charge in [0.15, 0.2) is 0 Å². The standard InChI is InChI=1S/C29H22F3N/c1-3-21(22-9-5-4-6-10-22)14-13-20(2)26-18-28(33-19-27(26)29(30,31)32)25-16-15-23-11-7-8-12-24(23)17-25/h3-19H,1H2,2H3/b20-13+,21-14+. The second-order valence-electron chi connectivity index (χ2n) is 7.72. The number of hydrogen-bond acceptors (Lipinski definition) is 1. The second-order valence-corrected chi connectivity index (χ2v) is 7.72. The highest BCUT2D eigenvalue weighted by Crippen LogP contribution is 2.36. The molecular weight excluding hydrogens is 419 g/mol. The summed E-state index contributed by atoms with van der Waals surface area (Å²) in [5, 5.41) is 2.07. The summed E-state index contributed by atoms with van der Waals surface area (Å²) in [6.45, 7) is 5.51. The minimum atomic E-state index is -4.51. The molecule has 0 N–H and O–H groups in total. The van der Waals surface area contributed by atoms with E-state index in [0.29, 0.717) is 11.3 Å². The van der Waals surface area contributed by atoms with Crippen molar-refractivity contribution in [2.75, 3.05) is 0 Å². The predicted molar refractivity (Wildman–Crippen MR) is 130 cm³/mol. The Morgan fingerprint density at radius 1 is 0.848 bits per heavy atom. The summed E-state index contributed by atoms with van der Waals surface area (Å²) in [6, 6.07) is 24.7. The van der Waals surface area contributed by atoms with Crippen molar-refractivity contribution in [1.82, 2.24) is 4.98 Å². The summed E-state index contributed by atoms with van der Waals surface area (Å²) in [4.78, 5) is 4.15. The van der Waals surface area contributed by atoms with E-state index in [0.717, 1.165) is 33.7 Å². The summed E-state index contributed by atoms with van der Waals surface area (Å²) in [7, 11) is 0. The van der Waals surface area contributed by atoms with E-state index in [1.165, 1.54) is 6.07 Å². The molecule has 1 nitrogen and oxygen atoms in total. The van der Waals surface area contributed by atoms with Crippen LogP contribution in [0.2, 0.25) is 0 Å². The number of halogens is 3. The van der Waals surface area contributed by atoms with Gasteiger partial charge < -0.3 is 0 Å². The van der Waals surface area contributed by atoms with Crippen molar-refractivity contribution in [2.45, 2.75) is 13.1 Å². The van der Waals surface area contributed by atoms with Crippen LogP contribution in [0.1, 0.15) is 23.6 Å². The molecule has 4 heteroatoms. The number of nitrogens with zero attached hydrogens (tertiary/aromatic N) is 1. The van der Waals surface area contributed by atoms with Gasteiger partial charge in [-0.2, -0.15) is 13.2 Å². The summed E-state index contributed by atoms with van der Waals surface area (Å²) in [5.41, 5.74) is 2.87. The fraction of sp³-hybridized carbons (Fsp3) is 0.0690. The minimum Gasteiger partial charge on any atom is -0.256 e. The lowest BCUT2D eigenvalue weighted by molar-refractivity contribution is -0.138. The molecule has 0 amide bonds. The highest BCUT2D eigenvalue weighted by Gasteiger charge is 2.34. The lowest BCUT2D eigenvalue weighted by atomic mass is 9.97. The average Bonchev–Trinajstić information content (AvgIpc) is 2.83. The zero-order valence-electron chi connectivity index (χ0n) is 18.1. The van der Waals surface area contributed by atoms with Crippen molar-refractivity contribution in [2.24, 2.45) is 0 Å². The van der Waals surface area contributed by atoms with E-state index < -0.39 is 11.7 Å². The van der Waals surface area contributed by atoms with Crippen LogP contribution in [0, 0.1) is 0 Å². The third-order valence-electron chi connectivity index (χ3n) is 5.52. The van der Waals surface area contributed by atoms with E-state index in [4.69, 9.17) is 0 Å². The third kappa shape index (κ3) is 4.96. The minimum absolute atomic E-state index is 0.105. The molecule has 0 aliphatic rings.